The number of hydrogen-bond donors (Lipinski definition) is 2. The first-order chi connectivity index (χ1) is 8.33. The molecule has 3 nitrogen and oxygen atoms in total. The van der Waals surface area contributed by atoms with Crippen molar-refractivity contribution in [2.45, 2.75) is 45.4 Å². The summed E-state index contributed by atoms with van der Waals surface area (Å²) in [6, 6.07) is 0. The fraction of sp³-hybridized carbons (Fsp3) is 0.500. The summed E-state index contributed by atoms with van der Waals surface area (Å²) in [6.07, 6.45) is 2.00. The summed E-state index contributed by atoms with van der Waals surface area (Å²) in [5.74, 6) is -0.775. The van der Waals surface area contributed by atoms with Crippen LogP contribution in [0.15, 0.2) is 0 Å². The van der Waals surface area contributed by atoms with Gasteiger partial charge in [0.15, 0.2) is 0 Å². The predicted molar refractivity (Wildman–Crippen MR) is 70.5 cm³/mol. The summed E-state index contributed by atoms with van der Waals surface area (Å²) in [4.78, 5) is 11.6. The van der Waals surface area contributed by atoms with Gasteiger partial charge in [0.1, 0.15) is 5.75 Å². The molecule has 0 aliphatic heterocycles. The summed E-state index contributed by atoms with van der Waals surface area (Å²) in [5.41, 5.74) is 1.74. The number of phenols is 1. The number of carboxylic acids is 1. The van der Waals surface area contributed by atoms with Gasteiger partial charge in [-0.25, -0.2) is 0 Å². The van der Waals surface area contributed by atoms with Crippen LogP contribution >= 0.6 is 11.6 Å². The minimum Gasteiger partial charge on any atom is -0.507 e. The van der Waals surface area contributed by atoms with E-state index in [1.165, 1.54) is 0 Å². The molecule has 18 heavy (non-hydrogen) atoms. The zero-order valence-electron chi connectivity index (χ0n) is 10.8. The van der Waals surface area contributed by atoms with E-state index in [1.54, 1.807) is 13.8 Å². The number of hydrogen-bond acceptors (Lipinski definition) is 2. The molecule has 0 radical (unpaired) electrons. The molecule has 0 unspecified atom stereocenters. The number of benzene rings is 1. The summed E-state index contributed by atoms with van der Waals surface area (Å²) in [5, 5.41) is 20.4. The molecule has 0 amide bonds. The van der Waals surface area contributed by atoms with Crippen molar-refractivity contribution in [3.8, 4) is 5.75 Å². The second kappa shape index (κ2) is 4.16. The number of carboxylic acid groups (broad SMARTS) is 1. The van der Waals surface area contributed by atoms with Gasteiger partial charge < -0.3 is 10.2 Å². The maximum Gasteiger partial charge on any atom is 0.314 e. The normalized spacial score (nSPS) is 17.3. The van der Waals surface area contributed by atoms with Gasteiger partial charge in [0.2, 0.25) is 0 Å². The Morgan fingerprint density at radius 2 is 1.72 bits per heavy atom. The highest BCUT2D eigenvalue weighted by Gasteiger charge is 2.49. The topological polar surface area (TPSA) is 57.5 Å². The third-order valence-electron chi connectivity index (χ3n) is 4.28. The van der Waals surface area contributed by atoms with Crippen molar-refractivity contribution in [1.82, 2.24) is 0 Å². The molecule has 98 valence electrons. The molecule has 0 heterocycles. The Morgan fingerprint density at radius 3 is 2.11 bits per heavy atom. The summed E-state index contributed by atoms with van der Waals surface area (Å²) < 4.78 is 0. The van der Waals surface area contributed by atoms with Gasteiger partial charge in [0.25, 0.3) is 0 Å². The van der Waals surface area contributed by atoms with Gasteiger partial charge in [-0.2, -0.15) is 0 Å². The van der Waals surface area contributed by atoms with Crippen molar-refractivity contribution in [2.75, 3.05) is 0 Å². The summed E-state index contributed by atoms with van der Waals surface area (Å²) in [6.45, 7) is 5.39. The molecule has 0 aromatic heterocycles. The molecule has 1 saturated carbocycles. The second-order valence-corrected chi connectivity index (χ2v) is 5.53. The zero-order valence-corrected chi connectivity index (χ0v) is 11.6. The summed E-state index contributed by atoms with van der Waals surface area (Å²) >= 11 is 6.25. The Hall–Kier alpha value is -1.22. The number of rotatable bonds is 2. The third-order valence-corrected chi connectivity index (χ3v) is 4.85. The first-order valence-corrected chi connectivity index (χ1v) is 6.43. The lowest BCUT2D eigenvalue weighted by Gasteiger charge is -2.40. The summed E-state index contributed by atoms with van der Waals surface area (Å²) in [7, 11) is 0. The Morgan fingerprint density at radius 1 is 1.17 bits per heavy atom. The smallest absolute Gasteiger partial charge is 0.314 e. The van der Waals surface area contributed by atoms with E-state index in [0.717, 1.165) is 12.0 Å². The number of carbonyl (C=O) groups is 1. The predicted octanol–water partition coefficient (Wildman–Crippen LogP) is 3.48. The molecule has 0 spiro atoms. The van der Waals surface area contributed by atoms with E-state index < -0.39 is 11.4 Å². The maximum absolute atomic E-state index is 11.6. The van der Waals surface area contributed by atoms with E-state index in [1.807, 2.05) is 6.92 Å². The van der Waals surface area contributed by atoms with E-state index in [4.69, 9.17) is 11.6 Å². The first-order valence-electron chi connectivity index (χ1n) is 6.05. The van der Waals surface area contributed by atoms with E-state index in [-0.39, 0.29) is 5.75 Å². The average Bonchev–Trinajstić information content (AvgIpc) is 2.26. The standard InChI is InChI=1S/C14H17ClO3/c1-7-8(2)12(16)10(9(3)11(7)15)14(13(17)18)5-4-6-14/h16H,4-6H2,1-3H3,(H,17,18). The van der Waals surface area contributed by atoms with Crippen molar-refractivity contribution < 1.29 is 15.0 Å². The van der Waals surface area contributed by atoms with E-state index in [0.29, 0.717) is 34.6 Å². The molecule has 2 N–H and O–H groups in total. The van der Waals surface area contributed by atoms with Crippen molar-refractivity contribution in [3.05, 3.63) is 27.3 Å². The molecular weight excluding hydrogens is 252 g/mol. The molecule has 1 aliphatic rings. The molecule has 1 aromatic rings. The first kappa shape index (κ1) is 13.2. The van der Waals surface area contributed by atoms with Crippen LogP contribution in [0, 0.1) is 20.8 Å². The molecule has 2 rings (SSSR count). The van der Waals surface area contributed by atoms with Crippen molar-refractivity contribution in [2.24, 2.45) is 0 Å². The molecule has 0 bridgehead atoms. The highest BCUT2D eigenvalue weighted by Crippen LogP contribution is 2.51. The van der Waals surface area contributed by atoms with Crippen LogP contribution in [0.4, 0.5) is 0 Å². The van der Waals surface area contributed by atoms with E-state index in [2.05, 4.69) is 0 Å². The Balaban J connectivity index is 2.76. The van der Waals surface area contributed by atoms with Crippen LogP contribution < -0.4 is 0 Å². The average molecular weight is 269 g/mol. The fourth-order valence-electron chi connectivity index (χ4n) is 2.79. The lowest BCUT2D eigenvalue weighted by atomic mass is 9.62. The van der Waals surface area contributed by atoms with Gasteiger partial charge in [-0.15, -0.1) is 0 Å². The number of phenolic OH excluding ortho intramolecular Hbond substituents is 1. The molecule has 0 saturated heterocycles. The second-order valence-electron chi connectivity index (χ2n) is 5.15. The van der Waals surface area contributed by atoms with Gasteiger partial charge >= 0.3 is 5.97 Å². The Labute approximate surface area is 111 Å². The minimum atomic E-state index is -0.948. The zero-order chi connectivity index (χ0) is 13.7. The molecule has 1 fully saturated rings. The SMILES string of the molecule is Cc1c(C)c(Cl)c(C)c(C2(C(=O)O)CCC2)c1O. The number of halogens is 1. The van der Waals surface area contributed by atoms with Crippen LogP contribution in [-0.2, 0) is 10.2 Å². The highest BCUT2D eigenvalue weighted by molar-refractivity contribution is 6.32. The number of aromatic hydroxyl groups is 1. The lowest BCUT2D eigenvalue weighted by molar-refractivity contribution is -0.147. The van der Waals surface area contributed by atoms with Gasteiger partial charge in [-0.3, -0.25) is 4.79 Å². The van der Waals surface area contributed by atoms with Gasteiger partial charge in [-0.1, -0.05) is 18.0 Å². The van der Waals surface area contributed by atoms with Crippen LogP contribution in [0.5, 0.6) is 5.75 Å². The molecule has 1 aliphatic carbocycles. The number of aliphatic carboxylic acids is 1. The van der Waals surface area contributed by atoms with Gasteiger partial charge in [0.05, 0.1) is 5.41 Å². The van der Waals surface area contributed by atoms with Crippen LogP contribution in [0.2, 0.25) is 5.02 Å². The van der Waals surface area contributed by atoms with Crippen LogP contribution in [0.1, 0.15) is 41.5 Å². The third kappa shape index (κ3) is 1.53. The Bertz CT molecular complexity index is 501. The van der Waals surface area contributed by atoms with Crippen molar-refractivity contribution in [3.63, 3.8) is 0 Å². The van der Waals surface area contributed by atoms with Gasteiger partial charge in [-0.05, 0) is 50.3 Å². The largest absolute Gasteiger partial charge is 0.507 e. The van der Waals surface area contributed by atoms with Crippen LogP contribution in [-0.4, -0.2) is 16.2 Å². The quantitative estimate of drug-likeness (QED) is 0.863. The maximum atomic E-state index is 11.6. The van der Waals surface area contributed by atoms with Crippen LogP contribution in [0.3, 0.4) is 0 Å². The molecular formula is C14H17ClO3. The Kier molecular flexibility index (Phi) is 3.06. The fourth-order valence-corrected chi connectivity index (χ4v) is 3.02. The molecule has 0 atom stereocenters. The lowest BCUT2D eigenvalue weighted by Crippen LogP contribution is -2.43. The molecule has 1 aromatic carbocycles. The monoisotopic (exact) mass is 268 g/mol. The minimum absolute atomic E-state index is 0.0940. The van der Waals surface area contributed by atoms with E-state index in [9.17, 15) is 15.0 Å². The molecule has 4 heteroatoms. The van der Waals surface area contributed by atoms with E-state index >= 15 is 0 Å². The van der Waals surface area contributed by atoms with Gasteiger partial charge in [0, 0.05) is 10.6 Å². The highest BCUT2D eigenvalue weighted by atomic mass is 35.5. The van der Waals surface area contributed by atoms with Crippen molar-refractivity contribution >= 4 is 17.6 Å². The van der Waals surface area contributed by atoms with Crippen molar-refractivity contribution in [1.29, 1.82) is 0 Å². The van der Waals surface area contributed by atoms with Crippen LogP contribution in [0.25, 0.3) is 0 Å².